The summed E-state index contributed by atoms with van der Waals surface area (Å²) >= 11 is 0. The smallest absolute Gasteiger partial charge is 0.207 e. The fourth-order valence-electron chi connectivity index (χ4n) is 3.27. The quantitative estimate of drug-likeness (QED) is 0.714. The summed E-state index contributed by atoms with van der Waals surface area (Å²) in [6.07, 6.45) is 0.761. The Hall–Kier alpha value is -2.43. The Bertz CT molecular complexity index is 980. The molecule has 0 aromatic heterocycles. The number of sulfonamides is 1. The van der Waals surface area contributed by atoms with E-state index in [1.54, 1.807) is 16.4 Å². The molecule has 0 bridgehead atoms. The van der Waals surface area contributed by atoms with Crippen molar-refractivity contribution >= 4 is 10.0 Å². The monoisotopic (exact) mass is 349 g/mol. The molecular formula is C21H19NO2S. The van der Waals surface area contributed by atoms with E-state index < -0.39 is 10.0 Å². The zero-order valence-corrected chi connectivity index (χ0v) is 14.6. The molecule has 0 unspecified atom stereocenters. The third-order valence-electron chi connectivity index (χ3n) is 4.69. The fraction of sp³-hybridized carbons (Fsp3) is 0.143. The zero-order chi connectivity index (χ0) is 17.3. The van der Waals surface area contributed by atoms with Gasteiger partial charge in [-0.1, -0.05) is 66.7 Å². The molecule has 0 spiro atoms. The summed E-state index contributed by atoms with van der Waals surface area (Å²) < 4.78 is 27.5. The van der Waals surface area contributed by atoms with Crippen LogP contribution >= 0.6 is 0 Å². The minimum absolute atomic E-state index is 0.353. The van der Waals surface area contributed by atoms with Gasteiger partial charge in [-0.2, -0.15) is 4.31 Å². The summed E-state index contributed by atoms with van der Waals surface area (Å²) in [4.78, 5) is 0.353. The van der Waals surface area contributed by atoms with Crippen LogP contribution in [0.4, 0.5) is 0 Å². The van der Waals surface area contributed by atoms with Gasteiger partial charge in [-0.3, -0.25) is 0 Å². The third-order valence-corrected chi connectivity index (χ3v) is 6.55. The SMILES string of the molecule is O=S(=O)(c1ccc(-c2ccccc2)cc1)N1CCc2ccccc2C1. The highest BCUT2D eigenvalue weighted by atomic mass is 32.2. The maximum atomic E-state index is 13.0. The summed E-state index contributed by atoms with van der Waals surface area (Å²) in [6.45, 7) is 0.971. The first-order chi connectivity index (χ1) is 12.1. The van der Waals surface area contributed by atoms with E-state index in [4.69, 9.17) is 0 Å². The number of rotatable bonds is 3. The van der Waals surface area contributed by atoms with Crippen LogP contribution in [0.15, 0.2) is 83.8 Å². The van der Waals surface area contributed by atoms with Gasteiger partial charge in [-0.25, -0.2) is 8.42 Å². The van der Waals surface area contributed by atoms with Gasteiger partial charge >= 0.3 is 0 Å². The summed E-state index contributed by atoms with van der Waals surface area (Å²) in [5.74, 6) is 0. The second-order valence-electron chi connectivity index (χ2n) is 6.25. The molecule has 0 aliphatic carbocycles. The lowest BCUT2D eigenvalue weighted by Crippen LogP contribution is -2.35. The minimum Gasteiger partial charge on any atom is -0.207 e. The molecule has 1 heterocycles. The van der Waals surface area contributed by atoms with E-state index in [0.29, 0.717) is 18.0 Å². The molecule has 4 rings (SSSR count). The van der Waals surface area contributed by atoms with E-state index in [1.165, 1.54) is 5.56 Å². The van der Waals surface area contributed by atoms with Gasteiger partial charge in [0.1, 0.15) is 0 Å². The standard InChI is InChI=1S/C21H19NO2S/c23-25(24,22-15-14-18-8-4-5-9-20(18)16-22)21-12-10-19(11-13-21)17-6-2-1-3-7-17/h1-13H,14-16H2. The van der Waals surface area contributed by atoms with Crippen molar-refractivity contribution in [2.24, 2.45) is 0 Å². The Morgan fingerprint density at radius 3 is 2.00 bits per heavy atom. The second-order valence-corrected chi connectivity index (χ2v) is 8.19. The van der Waals surface area contributed by atoms with E-state index in [9.17, 15) is 8.42 Å². The van der Waals surface area contributed by atoms with Crippen molar-refractivity contribution in [3.8, 4) is 11.1 Å². The number of hydrogen-bond donors (Lipinski definition) is 0. The molecule has 0 saturated carbocycles. The largest absolute Gasteiger partial charge is 0.243 e. The van der Waals surface area contributed by atoms with Crippen molar-refractivity contribution in [2.45, 2.75) is 17.9 Å². The van der Waals surface area contributed by atoms with E-state index in [0.717, 1.165) is 23.1 Å². The average Bonchev–Trinajstić information content (AvgIpc) is 2.68. The van der Waals surface area contributed by atoms with E-state index in [1.807, 2.05) is 60.7 Å². The van der Waals surface area contributed by atoms with Gasteiger partial charge in [0, 0.05) is 13.1 Å². The molecule has 1 aliphatic heterocycles. The van der Waals surface area contributed by atoms with Gasteiger partial charge in [-0.05, 0) is 40.8 Å². The van der Waals surface area contributed by atoms with Crippen LogP contribution < -0.4 is 0 Å². The average molecular weight is 349 g/mol. The maximum Gasteiger partial charge on any atom is 0.243 e. The molecule has 3 aromatic rings. The topological polar surface area (TPSA) is 37.4 Å². The van der Waals surface area contributed by atoms with Gasteiger partial charge in [0.05, 0.1) is 4.90 Å². The Balaban J connectivity index is 1.61. The van der Waals surface area contributed by atoms with Crippen molar-refractivity contribution in [3.05, 3.63) is 90.0 Å². The van der Waals surface area contributed by atoms with Gasteiger partial charge < -0.3 is 0 Å². The molecule has 126 valence electrons. The van der Waals surface area contributed by atoms with Gasteiger partial charge in [0.2, 0.25) is 10.0 Å². The molecule has 4 heteroatoms. The first-order valence-electron chi connectivity index (χ1n) is 8.37. The van der Waals surface area contributed by atoms with Crippen molar-refractivity contribution in [1.29, 1.82) is 0 Å². The summed E-state index contributed by atoms with van der Waals surface area (Å²) in [5, 5.41) is 0. The van der Waals surface area contributed by atoms with Crippen LogP contribution in [-0.2, 0) is 23.0 Å². The molecule has 1 aliphatic rings. The number of nitrogens with zero attached hydrogens (tertiary/aromatic N) is 1. The predicted molar refractivity (Wildman–Crippen MR) is 99.6 cm³/mol. The lowest BCUT2D eigenvalue weighted by molar-refractivity contribution is 0.391. The summed E-state index contributed by atoms with van der Waals surface area (Å²) in [5.41, 5.74) is 4.44. The Labute approximate surface area is 148 Å². The molecule has 0 saturated heterocycles. The van der Waals surface area contributed by atoms with Crippen LogP contribution in [-0.4, -0.2) is 19.3 Å². The fourth-order valence-corrected chi connectivity index (χ4v) is 4.69. The minimum atomic E-state index is -3.47. The molecule has 0 fully saturated rings. The third kappa shape index (κ3) is 3.11. The van der Waals surface area contributed by atoms with E-state index in [2.05, 4.69) is 6.07 Å². The van der Waals surface area contributed by atoms with Crippen LogP contribution in [0.2, 0.25) is 0 Å². The highest BCUT2D eigenvalue weighted by Crippen LogP contribution is 2.26. The summed E-state index contributed by atoms with van der Waals surface area (Å²) in [7, 11) is -3.47. The Morgan fingerprint density at radius 2 is 1.28 bits per heavy atom. The van der Waals surface area contributed by atoms with E-state index >= 15 is 0 Å². The van der Waals surface area contributed by atoms with Gasteiger partial charge in [-0.15, -0.1) is 0 Å². The highest BCUT2D eigenvalue weighted by Gasteiger charge is 2.28. The van der Waals surface area contributed by atoms with Crippen LogP contribution in [0.5, 0.6) is 0 Å². The van der Waals surface area contributed by atoms with Crippen LogP contribution in [0.25, 0.3) is 11.1 Å². The zero-order valence-electron chi connectivity index (χ0n) is 13.8. The van der Waals surface area contributed by atoms with Crippen molar-refractivity contribution in [3.63, 3.8) is 0 Å². The molecule has 3 nitrogen and oxygen atoms in total. The molecule has 0 atom stereocenters. The Morgan fingerprint density at radius 1 is 0.680 bits per heavy atom. The first-order valence-corrected chi connectivity index (χ1v) is 9.81. The molecule has 25 heavy (non-hydrogen) atoms. The first kappa shape index (κ1) is 16.1. The lowest BCUT2D eigenvalue weighted by Gasteiger charge is -2.28. The molecule has 0 N–H and O–H groups in total. The lowest BCUT2D eigenvalue weighted by atomic mass is 10.0. The van der Waals surface area contributed by atoms with Crippen LogP contribution in [0.3, 0.4) is 0 Å². The van der Waals surface area contributed by atoms with Crippen molar-refractivity contribution < 1.29 is 8.42 Å². The Kier molecular flexibility index (Phi) is 4.15. The molecular weight excluding hydrogens is 330 g/mol. The van der Waals surface area contributed by atoms with Gasteiger partial charge in [0.15, 0.2) is 0 Å². The van der Waals surface area contributed by atoms with Crippen molar-refractivity contribution in [2.75, 3.05) is 6.54 Å². The molecule has 0 radical (unpaired) electrons. The van der Waals surface area contributed by atoms with E-state index in [-0.39, 0.29) is 0 Å². The van der Waals surface area contributed by atoms with Crippen molar-refractivity contribution in [1.82, 2.24) is 4.31 Å². The number of fused-ring (bicyclic) bond motifs is 1. The van der Waals surface area contributed by atoms with Crippen LogP contribution in [0.1, 0.15) is 11.1 Å². The molecule has 0 amide bonds. The highest BCUT2D eigenvalue weighted by molar-refractivity contribution is 7.89. The predicted octanol–water partition coefficient (Wildman–Crippen LogP) is 4.10. The summed E-state index contributed by atoms with van der Waals surface area (Å²) in [6, 6.07) is 25.2. The van der Waals surface area contributed by atoms with Gasteiger partial charge in [0.25, 0.3) is 0 Å². The number of hydrogen-bond acceptors (Lipinski definition) is 2. The normalized spacial score (nSPS) is 14.9. The molecule has 3 aromatic carbocycles. The second kappa shape index (κ2) is 6.47. The van der Waals surface area contributed by atoms with Crippen LogP contribution in [0, 0.1) is 0 Å². The maximum absolute atomic E-state index is 13.0. The number of benzene rings is 3.